The topological polar surface area (TPSA) is 8.81 Å². The van der Waals surface area contributed by atoms with Gasteiger partial charge in [-0.25, -0.2) is 9.13 Å². The lowest BCUT2D eigenvalue weighted by atomic mass is 9.70. The number of rotatable bonds is 27. The molecule has 3 rings (SSSR count). The molecule has 0 fully saturated rings. The van der Waals surface area contributed by atoms with Crippen molar-refractivity contribution >= 4 is 0 Å². The van der Waals surface area contributed by atoms with Gasteiger partial charge in [-0.3, -0.25) is 0 Å². The fourth-order valence-corrected chi connectivity index (χ4v) is 7.38. The second-order valence-corrected chi connectivity index (χ2v) is 14.2. The molecule has 0 N–H and O–H groups in total. The van der Waals surface area contributed by atoms with Gasteiger partial charge in [0.25, 0.3) is 0 Å². The number of benzene rings is 2. The van der Waals surface area contributed by atoms with Crippen LogP contribution in [-0.2, 0) is 18.4 Å². The normalized spacial score (nSPS) is 13.6. The summed E-state index contributed by atoms with van der Waals surface area (Å²) in [6.07, 6.45) is 37.2. The van der Waals surface area contributed by atoms with Crippen molar-refractivity contribution < 1.29 is 4.57 Å². The highest BCUT2D eigenvalue weighted by atomic mass is 15.1. The van der Waals surface area contributed by atoms with E-state index in [1.165, 1.54) is 146 Å². The summed E-state index contributed by atoms with van der Waals surface area (Å²) in [6, 6.07) is 23.0. The fourth-order valence-electron chi connectivity index (χ4n) is 7.38. The summed E-state index contributed by atoms with van der Waals surface area (Å²) in [4.78, 5) is 0. The summed E-state index contributed by atoms with van der Waals surface area (Å²) < 4.78 is 5.04. The van der Waals surface area contributed by atoms with Gasteiger partial charge in [-0.2, -0.15) is 0 Å². The molecule has 0 radical (unpaired) electrons. The molecule has 3 aromatic rings. The largest absolute Gasteiger partial charge is 0.244 e. The highest BCUT2D eigenvalue weighted by Crippen LogP contribution is 2.41. The Morgan fingerprint density at radius 2 is 1.04 bits per heavy atom. The number of hydrogen-bond donors (Lipinski definition) is 0. The number of imidazole rings is 1. The lowest BCUT2D eigenvalue weighted by Crippen LogP contribution is -2.38. The Morgan fingerprint density at radius 3 is 1.58 bits per heavy atom. The number of aryl methyl sites for hydroxylation is 1. The summed E-state index contributed by atoms with van der Waals surface area (Å²) >= 11 is 0. The molecular weight excluding hydrogens is 544 g/mol. The van der Waals surface area contributed by atoms with Gasteiger partial charge >= 0.3 is 0 Å². The summed E-state index contributed by atoms with van der Waals surface area (Å²) in [5, 5.41) is 0. The third-order valence-electron chi connectivity index (χ3n) is 10.3. The van der Waals surface area contributed by atoms with Crippen LogP contribution >= 0.6 is 0 Å². The Balaban J connectivity index is 1.61. The molecule has 2 nitrogen and oxygen atoms in total. The van der Waals surface area contributed by atoms with Gasteiger partial charge in [0.15, 0.2) is 0 Å². The molecular formula is C43H69N2+. The standard InChI is InChI=1S/C43H69N2/c1-4-6-8-10-12-14-15-16-17-18-20-28-34-42(45-37-36-44(39-45)35-29-21-19-13-11-9-7-5-2)43(3,41-32-26-23-27-33-41)38-40-30-24-22-25-31-40/h22-27,30-33,36-37,39,42H,4-21,28-29,34-35,38H2,1-3H3/q+1. The molecule has 0 amide bonds. The SMILES string of the molecule is CCCCCCCCCCCCCCC(n1cc[n+](CCCCCCCCCC)c1)C(C)(Cc1ccccc1)c1ccccc1. The first kappa shape index (κ1) is 37.1. The van der Waals surface area contributed by atoms with E-state index in [9.17, 15) is 0 Å². The molecule has 0 aliphatic heterocycles. The Bertz CT molecular complexity index is 1090. The Labute approximate surface area is 279 Å². The molecule has 1 aromatic heterocycles. The quantitative estimate of drug-likeness (QED) is 0.0597. The van der Waals surface area contributed by atoms with Crippen molar-refractivity contribution in [2.75, 3.05) is 0 Å². The molecule has 2 unspecified atom stereocenters. The van der Waals surface area contributed by atoms with Crippen LogP contribution in [0.5, 0.6) is 0 Å². The van der Waals surface area contributed by atoms with E-state index in [0.29, 0.717) is 6.04 Å². The van der Waals surface area contributed by atoms with E-state index in [-0.39, 0.29) is 5.41 Å². The number of unbranched alkanes of at least 4 members (excludes halogenated alkanes) is 18. The molecule has 0 saturated heterocycles. The van der Waals surface area contributed by atoms with Crippen molar-refractivity contribution in [3.05, 3.63) is 90.5 Å². The molecule has 45 heavy (non-hydrogen) atoms. The van der Waals surface area contributed by atoms with Gasteiger partial charge in [0.05, 0.1) is 6.54 Å². The minimum absolute atomic E-state index is 0.00965. The Kier molecular flexibility index (Phi) is 19.0. The first-order chi connectivity index (χ1) is 22.2. The maximum Gasteiger partial charge on any atom is 0.244 e. The van der Waals surface area contributed by atoms with Crippen molar-refractivity contribution in [2.24, 2.45) is 0 Å². The van der Waals surface area contributed by atoms with E-state index in [1.54, 1.807) is 0 Å². The maximum absolute atomic E-state index is 2.58. The van der Waals surface area contributed by atoms with Crippen molar-refractivity contribution in [1.29, 1.82) is 0 Å². The molecule has 2 aromatic carbocycles. The van der Waals surface area contributed by atoms with Gasteiger partial charge in [-0.05, 0) is 43.2 Å². The molecule has 0 aliphatic rings. The summed E-state index contributed by atoms with van der Waals surface area (Å²) in [5.41, 5.74) is 2.90. The zero-order valence-corrected chi connectivity index (χ0v) is 29.7. The van der Waals surface area contributed by atoms with Gasteiger partial charge in [0.1, 0.15) is 18.4 Å². The first-order valence-electron chi connectivity index (χ1n) is 19.3. The maximum atomic E-state index is 2.58. The van der Waals surface area contributed by atoms with Gasteiger partial charge in [-0.15, -0.1) is 0 Å². The molecule has 250 valence electrons. The highest BCUT2D eigenvalue weighted by Gasteiger charge is 2.40. The summed E-state index contributed by atoms with van der Waals surface area (Å²) in [7, 11) is 0. The minimum atomic E-state index is 0.00965. The van der Waals surface area contributed by atoms with E-state index in [0.717, 1.165) is 13.0 Å². The molecule has 0 aliphatic carbocycles. The molecule has 0 spiro atoms. The highest BCUT2D eigenvalue weighted by molar-refractivity contribution is 5.30. The van der Waals surface area contributed by atoms with E-state index in [4.69, 9.17) is 0 Å². The van der Waals surface area contributed by atoms with Crippen LogP contribution in [-0.4, -0.2) is 4.57 Å². The number of nitrogens with zero attached hydrogens (tertiary/aromatic N) is 2. The molecule has 1 heterocycles. The second kappa shape index (κ2) is 23.0. The predicted octanol–water partition coefficient (Wildman–Crippen LogP) is 12.7. The Hall–Kier alpha value is -2.35. The third kappa shape index (κ3) is 14.3. The van der Waals surface area contributed by atoms with Crippen molar-refractivity contribution in [3.63, 3.8) is 0 Å². The molecule has 0 bridgehead atoms. The van der Waals surface area contributed by atoms with Crippen LogP contribution in [0, 0.1) is 0 Å². The monoisotopic (exact) mass is 614 g/mol. The van der Waals surface area contributed by atoms with Crippen molar-refractivity contribution in [1.82, 2.24) is 4.57 Å². The van der Waals surface area contributed by atoms with Gasteiger partial charge < -0.3 is 0 Å². The van der Waals surface area contributed by atoms with E-state index in [2.05, 4.69) is 109 Å². The molecule has 0 saturated carbocycles. The zero-order chi connectivity index (χ0) is 31.8. The molecule has 2 atom stereocenters. The van der Waals surface area contributed by atoms with Gasteiger partial charge in [0.2, 0.25) is 6.33 Å². The van der Waals surface area contributed by atoms with E-state index < -0.39 is 0 Å². The van der Waals surface area contributed by atoms with E-state index in [1.807, 2.05) is 0 Å². The average molecular weight is 614 g/mol. The van der Waals surface area contributed by atoms with Crippen LogP contribution in [0.2, 0.25) is 0 Å². The Morgan fingerprint density at radius 1 is 0.578 bits per heavy atom. The lowest BCUT2D eigenvalue weighted by Gasteiger charge is -2.37. The second-order valence-electron chi connectivity index (χ2n) is 14.2. The smallest absolute Gasteiger partial charge is 0.237 e. The fraction of sp³-hybridized carbons (Fsp3) is 0.651. The first-order valence-corrected chi connectivity index (χ1v) is 19.3. The third-order valence-corrected chi connectivity index (χ3v) is 10.3. The van der Waals surface area contributed by atoms with Gasteiger partial charge in [0, 0.05) is 5.41 Å². The van der Waals surface area contributed by atoms with Crippen LogP contribution in [0.4, 0.5) is 0 Å². The zero-order valence-electron chi connectivity index (χ0n) is 29.7. The van der Waals surface area contributed by atoms with Crippen LogP contribution in [0.15, 0.2) is 79.4 Å². The molecule has 2 heteroatoms. The van der Waals surface area contributed by atoms with Crippen LogP contribution < -0.4 is 4.57 Å². The summed E-state index contributed by atoms with van der Waals surface area (Å²) in [6.45, 7) is 8.27. The van der Waals surface area contributed by atoms with Crippen LogP contribution in [0.25, 0.3) is 0 Å². The minimum Gasteiger partial charge on any atom is -0.237 e. The van der Waals surface area contributed by atoms with Crippen molar-refractivity contribution in [3.8, 4) is 0 Å². The number of aromatic nitrogens is 2. The summed E-state index contributed by atoms with van der Waals surface area (Å²) in [5.74, 6) is 0. The average Bonchev–Trinajstić information content (AvgIpc) is 3.53. The van der Waals surface area contributed by atoms with Crippen LogP contribution in [0.1, 0.15) is 173 Å². The van der Waals surface area contributed by atoms with Gasteiger partial charge in [-0.1, -0.05) is 191 Å². The van der Waals surface area contributed by atoms with Crippen molar-refractivity contribution in [2.45, 2.75) is 180 Å². The predicted molar refractivity (Wildman–Crippen MR) is 196 cm³/mol. The van der Waals surface area contributed by atoms with E-state index >= 15 is 0 Å². The van der Waals surface area contributed by atoms with Crippen LogP contribution in [0.3, 0.4) is 0 Å². The number of hydrogen-bond acceptors (Lipinski definition) is 0. The lowest BCUT2D eigenvalue weighted by molar-refractivity contribution is -0.697.